The summed E-state index contributed by atoms with van der Waals surface area (Å²) in [6.45, 7) is 2.00. The first kappa shape index (κ1) is 17.5. The molecule has 0 aromatic heterocycles. The number of likely N-dealkylation sites (N-methyl/N-ethyl adjacent to an activating group) is 1. The Hall–Kier alpha value is -2.83. The molecule has 0 aliphatic carbocycles. The average Bonchev–Trinajstić information content (AvgIpc) is 2.56. The number of anilines is 2. The molecule has 2 rings (SSSR count). The monoisotopic (exact) mass is 336 g/mol. The van der Waals surface area contributed by atoms with E-state index in [2.05, 4.69) is 5.32 Å². The number of benzene rings is 2. The fraction of sp³-hybridized carbons (Fsp3) is 0.176. The van der Waals surface area contributed by atoms with Gasteiger partial charge in [-0.15, -0.1) is 0 Å². The fourth-order valence-electron chi connectivity index (χ4n) is 2.10. The van der Waals surface area contributed by atoms with Gasteiger partial charge in [0.25, 0.3) is 0 Å². The van der Waals surface area contributed by atoms with Crippen molar-refractivity contribution in [3.8, 4) is 0 Å². The molecule has 0 unspecified atom stereocenters. The lowest BCUT2D eigenvalue weighted by atomic mass is 10.2. The largest absolute Gasteiger partial charge is 0.416 e. The molecule has 7 heteroatoms. The van der Waals surface area contributed by atoms with Crippen LogP contribution in [0.15, 0.2) is 54.6 Å². The first-order valence-corrected chi connectivity index (χ1v) is 7.18. The van der Waals surface area contributed by atoms with Crippen LogP contribution in [0, 0.1) is 0 Å². The molecule has 24 heavy (non-hydrogen) atoms. The second-order valence-corrected chi connectivity index (χ2v) is 4.91. The van der Waals surface area contributed by atoms with E-state index in [0.717, 1.165) is 24.3 Å². The van der Waals surface area contributed by atoms with Gasteiger partial charge in [-0.05, 0) is 43.3 Å². The van der Waals surface area contributed by atoms with Crippen LogP contribution < -0.4 is 10.2 Å². The van der Waals surface area contributed by atoms with Crippen LogP contribution in [0.5, 0.6) is 0 Å². The van der Waals surface area contributed by atoms with Gasteiger partial charge in [0.1, 0.15) is 0 Å². The van der Waals surface area contributed by atoms with Crippen LogP contribution >= 0.6 is 0 Å². The third-order valence-corrected chi connectivity index (χ3v) is 3.29. The van der Waals surface area contributed by atoms with Crippen molar-refractivity contribution < 1.29 is 22.8 Å². The van der Waals surface area contributed by atoms with Crippen LogP contribution in [0.3, 0.4) is 0 Å². The van der Waals surface area contributed by atoms with E-state index >= 15 is 0 Å². The molecule has 0 aliphatic rings. The van der Waals surface area contributed by atoms with E-state index in [0.29, 0.717) is 5.69 Å². The van der Waals surface area contributed by atoms with Gasteiger partial charge in [-0.3, -0.25) is 9.59 Å². The van der Waals surface area contributed by atoms with Gasteiger partial charge >= 0.3 is 18.0 Å². The molecular formula is C17H15F3N2O2. The Kier molecular flexibility index (Phi) is 5.23. The minimum Gasteiger partial charge on any atom is -0.318 e. The van der Waals surface area contributed by atoms with Crippen molar-refractivity contribution in [3.63, 3.8) is 0 Å². The minimum atomic E-state index is -4.45. The molecule has 2 aromatic carbocycles. The number of para-hydroxylation sites is 1. The van der Waals surface area contributed by atoms with Crippen LogP contribution in [-0.4, -0.2) is 18.4 Å². The highest BCUT2D eigenvalue weighted by molar-refractivity contribution is 6.44. The molecule has 1 N–H and O–H groups in total. The van der Waals surface area contributed by atoms with E-state index < -0.39 is 23.6 Å². The summed E-state index contributed by atoms with van der Waals surface area (Å²) < 4.78 is 37.5. The predicted molar refractivity (Wildman–Crippen MR) is 84.5 cm³/mol. The number of halogens is 3. The van der Waals surface area contributed by atoms with Crippen LogP contribution in [0.2, 0.25) is 0 Å². The van der Waals surface area contributed by atoms with E-state index in [1.807, 2.05) is 0 Å². The Morgan fingerprint density at radius 3 is 2.08 bits per heavy atom. The summed E-state index contributed by atoms with van der Waals surface area (Å²) in [5.74, 6) is -1.70. The van der Waals surface area contributed by atoms with Gasteiger partial charge < -0.3 is 10.2 Å². The van der Waals surface area contributed by atoms with E-state index in [9.17, 15) is 22.8 Å². The number of nitrogens with one attached hydrogen (secondary N) is 1. The standard InChI is InChI=1S/C17H15F3N2O2/c1-2-22(14-6-4-3-5-7-14)16(24)15(23)21-13-10-8-12(9-11-13)17(18,19)20/h3-11H,2H2,1H3,(H,21,23). The minimum absolute atomic E-state index is 0.116. The Labute approximate surface area is 136 Å². The zero-order valence-electron chi connectivity index (χ0n) is 12.8. The topological polar surface area (TPSA) is 49.4 Å². The van der Waals surface area contributed by atoms with Gasteiger partial charge in [0, 0.05) is 17.9 Å². The maximum atomic E-state index is 12.5. The summed E-state index contributed by atoms with van der Waals surface area (Å²) in [4.78, 5) is 25.6. The molecule has 126 valence electrons. The molecule has 0 saturated heterocycles. The molecule has 0 heterocycles. The molecular weight excluding hydrogens is 321 g/mol. The van der Waals surface area contributed by atoms with Gasteiger partial charge in [-0.2, -0.15) is 13.2 Å². The number of hydrogen-bond acceptors (Lipinski definition) is 2. The highest BCUT2D eigenvalue weighted by Gasteiger charge is 2.30. The van der Waals surface area contributed by atoms with Crippen molar-refractivity contribution in [2.24, 2.45) is 0 Å². The van der Waals surface area contributed by atoms with Gasteiger partial charge in [-0.25, -0.2) is 0 Å². The van der Waals surface area contributed by atoms with Gasteiger partial charge in [-0.1, -0.05) is 18.2 Å². The summed E-state index contributed by atoms with van der Waals surface area (Å²) in [6, 6.07) is 12.5. The highest BCUT2D eigenvalue weighted by atomic mass is 19.4. The lowest BCUT2D eigenvalue weighted by molar-refractivity contribution is -0.137. The number of carbonyl (C=O) groups is 2. The molecule has 0 saturated carbocycles. The summed E-state index contributed by atoms with van der Waals surface area (Å²) in [5, 5.41) is 2.31. The van der Waals surface area contributed by atoms with Crippen LogP contribution in [-0.2, 0) is 15.8 Å². The highest BCUT2D eigenvalue weighted by Crippen LogP contribution is 2.29. The van der Waals surface area contributed by atoms with Crippen molar-refractivity contribution in [3.05, 3.63) is 60.2 Å². The third-order valence-electron chi connectivity index (χ3n) is 3.29. The molecule has 0 aliphatic heterocycles. The zero-order valence-corrected chi connectivity index (χ0v) is 12.8. The summed E-state index contributed by atoms with van der Waals surface area (Å²) in [7, 11) is 0. The van der Waals surface area contributed by atoms with Gasteiger partial charge in [0.15, 0.2) is 0 Å². The second kappa shape index (κ2) is 7.16. The number of rotatable bonds is 3. The Bertz CT molecular complexity index is 713. The lowest BCUT2D eigenvalue weighted by Gasteiger charge is -2.20. The summed E-state index contributed by atoms with van der Waals surface area (Å²) in [5.41, 5.74) is -0.149. The number of carbonyl (C=O) groups excluding carboxylic acids is 2. The Morgan fingerprint density at radius 2 is 1.58 bits per heavy atom. The van der Waals surface area contributed by atoms with E-state index in [1.54, 1.807) is 37.3 Å². The van der Waals surface area contributed by atoms with Crippen molar-refractivity contribution in [1.82, 2.24) is 0 Å². The first-order valence-electron chi connectivity index (χ1n) is 7.18. The van der Waals surface area contributed by atoms with Crippen LogP contribution in [0.25, 0.3) is 0 Å². The summed E-state index contributed by atoms with van der Waals surface area (Å²) in [6.07, 6.45) is -4.45. The molecule has 2 aromatic rings. The van der Waals surface area contributed by atoms with E-state index in [1.165, 1.54) is 4.90 Å². The molecule has 0 bridgehead atoms. The molecule has 0 radical (unpaired) electrons. The third kappa shape index (κ3) is 4.13. The van der Waals surface area contributed by atoms with Crippen molar-refractivity contribution in [2.75, 3.05) is 16.8 Å². The van der Waals surface area contributed by atoms with E-state index in [-0.39, 0.29) is 12.2 Å². The summed E-state index contributed by atoms with van der Waals surface area (Å²) >= 11 is 0. The zero-order chi connectivity index (χ0) is 17.7. The van der Waals surface area contributed by atoms with Gasteiger partial charge in [0.05, 0.1) is 5.56 Å². The molecule has 0 spiro atoms. The second-order valence-electron chi connectivity index (χ2n) is 4.91. The quantitative estimate of drug-likeness (QED) is 0.869. The van der Waals surface area contributed by atoms with Crippen molar-refractivity contribution >= 4 is 23.2 Å². The molecule has 4 nitrogen and oxygen atoms in total. The lowest BCUT2D eigenvalue weighted by Crippen LogP contribution is -2.39. The number of amides is 2. The first-order chi connectivity index (χ1) is 11.3. The number of alkyl halides is 3. The maximum Gasteiger partial charge on any atom is 0.416 e. The average molecular weight is 336 g/mol. The molecule has 0 fully saturated rings. The maximum absolute atomic E-state index is 12.5. The number of hydrogen-bond donors (Lipinski definition) is 1. The normalized spacial score (nSPS) is 11.0. The van der Waals surface area contributed by atoms with Gasteiger partial charge in [0.2, 0.25) is 0 Å². The number of nitrogens with zero attached hydrogens (tertiary/aromatic N) is 1. The smallest absolute Gasteiger partial charge is 0.318 e. The van der Waals surface area contributed by atoms with Crippen molar-refractivity contribution in [2.45, 2.75) is 13.1 Å². The van der Waals surface area contributed by atoms with E-state index in [4.69, 9.17) is 0 Å². The Balaban J connectivity index is 2.10. The van der Waals surface area contributed by atoms with Crippen molar-refractivity contribution in [1.29, 1.82) is 0 Å². The van der Waals surface area contributed by atoms with Crippen LogP contribution in [0.4, 0.5) is 24.5 Å². The van der Waals surface area contributed by atoms with Crippen LogP contribution in [0.1, 0.15) is 12.5 Å². The molecule has 0 atom stereocenters. The Morgan fingerprint density at radius 1 is 1.00 bits per heavy atom. The SMILES string of the molecule is CCN(C(=O)C(=O)Nc1ccc(C(F)(F)F)cc1)c1ccccc1. The fourth-order valence-corrected chi connectivity index (χ4v) is 2.10. The molecule has 2 amide bonds. The predicted octanol–water partition coefficient (Wildman–Crippen LogP) is 3.70.